The molecule has 124 valence electrons. The molecule has 1 aromatic carbocycles. The van der Waals surface area contributed by atoms with Crippen molar-refractivity contribution < 1.29 is 14.6 Å². The molecule has 24 heavy (non-hydrogen) atoms. The van der Waals surface area contributed by atoms with Crippen LogP contribution in [-0.4, -0.2) is 28.9 Å². The standard InChI is InChI=1S/C19H19NO3S/c1-12-9-15(21)14(11-20-6-2-3-7-20)19-17(12)18(22)16(23-19)10-13-5-4-8-24-13/h4-5,8-10,21H,2-3,6-7,11H2,1H3/b16-10-. The number of phenols is 1. The number of phenolic OH excluding ortho intramolecular Hbond substituents is 1. The largest absolute Gasteiger partial charge is 0.507 e. The molecule has 0 radical (unpaired) electrons. The van der Waals surface area contributed by atoms with E-state index in [9.17, 15) is 9.90 Å². The number of ketones is 1. The summed E-state index contributed by atoms with van der Waals surface area (Å²) in [7, 11) is 0. The third-order valence-electron chi connectivity index (χ3n) is 4.62. The van der Waals surface area contributed by atoms with Gasteiger partial charge in [-0.25, -0.2) is 0 Å². The first-order valence-electron chi connectivity index (χ1n) is 8.19. The predicted molar refractivity (Wildman–Crippen MR) is 94.6 cm³/mol. The molecule has 0 bridgehead atoms. The second kappa shape index (κ2) is 6.07. The fraction of sp³-hybridized carbons (Fsp3) is 0.316. The van der Waals surface area contributed by atoms with E-state index < -0.39 is 0 Å². The first-order valence-corrected chi connectivity index (χ1v) is 9.07. The molecule has 1 N–H and O–H groups in total. The lowest BCUT2D eigenvalue weighted by atomic mass is 9.99. The monoisotopic (exact) mass is 341 g/mol. The van der Waals surface area contributed by atoms with Gasteiger partial charge < -0.3 is 9.84 Å². The number of carbonyl (C=O) groups excluding carboxylic acids is 1. The van der Waals surface area contributed by atoms with Crippen molar-refractivity contribution in [3.05, 3.63) is 50.9 Å². The van der Waals surface area contributed by atoms with E-state index in [1.807, 2.05) is 24.4 Å². The van der Waals surface area contributed by atoms with Crippen LogP contribution in [0.15, 0.2) is 29.3 Å². The Kier molecular flexibility index (Phi) is 3.90. The van der Waals surface area contributed by atoms with Gasteiger partial charge in [-0.3, -0.25) is 9.69 Å². The van der Waals surface area contributed by atoms with Gasteiger partial charge in [0, 0.05) is 17.5 Å². The molecule has 0 amide bonds. The summed E-state index contributed by atoms with van der Waals surface area (Å²) in [5.41, 5.74) is 2.07. The van der Waals surface area contributed by atoms with E-state index in [0.717, 1.165) is 29.1 Å². The number of thiophene rings is 1. The summed E-state index contributed by atoms with van der Waals surface area (Å²) in [5, 5.41) is 12.4. The summed E-state index contributed by atoms with van der Waals surface area (Å²) in [5.74, 6) is 0.984. The number of benzene rings is 1. The van der Waals surface area contributed by atoms with Crippen LogP contribution in [0.4, 0.5) is 0 Å². The number of aryl methyl sites for hydroxylation is 1. The number of allylic oxidation sites excluding steroid dienone is 1. The predicted octanol–water partition coefficient (Wildman–Crippen LogP) is 3.97. The van der Waals surface area contributed by atoms with Crippen molar-refractivity contribution in [2.45, 2.75) is 26.3 Å². The maximum atomic E-state index is 12.8. The first kappa shape index (κ1) is 15.4. The highest BCUT2D eigenvalue weighted by molar-refractivity contribution is 7.10. The number of nitrogens with zero attached hydrogens (tertiary/aromatic N) is 1. The lowest BCUT2D eigenvalue weighted by Crippen LogP contribution is -2.19. The third-order valence-corrected chi connectivity index (χ3v) is 5.44. The summed E-state index contributed by atoms with van der Waals surface area (Å²) in [6.45, 7) is 4.50. The molecular weight excluding hydrogens is 322 g/mol. The van der Waals surface area contributed by atoms with E-state index >= 15 is 0 Å². The van der Waals surface area contributed by atoms with Gasteiger partial charge in [-0.15, -0.1) is 11.3 Å². The average Bonchev–Trinajstić information content (AvgIpc) is 3.27. The molecule has 1 fully saturated rings. The molecule has 0 atom stereocenters. The van der Waals surface area contributed by atoms with Crippen LogP contribution in [0.2, 0.25) is 0 Å². The number of rotatable bonds is 3. The molecule has 2 aliphatic rings. The van der Waals surface area contributed by atoms with Crippen molar-refractivity contribution in [1.29, 1.82) is 0 Å². The van der Waals surface area contributed by atoms with Crippen LogP contribution in [0.3, 0.4) is 0 Å². The van der Waals surface area contributed by atoms with Crippen molar-refractivity contribution in [3.63, 3.8) is 0 Å². The Morgan fingerprint density at radius 1 is 1.38 bits per heavy atom. The highest BCUT2D eigenvalue weighted by Crippen LogP contribution is 2.42. The van der Waals surface area contributed by atoms with E-state index in [2.05, 4.69) is 4.90 Å². The van der Waals surface area contributed by atoms with E-state index in [4.69, 9.17) is 4.74 Å². The molecule has 5 heteroatoms. The van der Waals surface area contributed by atoms with Crippen LogP contribution in [0.1, 0.15) is 39.2 Å². The average molecular weight is 341 g/mol. The maximum Gasteiger partial charge on any atom is 0.232 e. The van der Waals surface area contributed by atoms with Crippen LogP contribution >= 0.6 is 11.3 Å². The van der Waals surface area contributed by atoms with E-state index in [1.54, 1.807) is 23.5 Å². The fourth-order valence-electron chi connectivity index (χ4n) is 3.40. The molecule has 0 saturated carbocycles. The van der Waals surface area contributed by atoms with E-state index in [-0.39, 0.29) is 11.5 Å². The summed E-state index contributed by atoms with van der Waals surface area (Å²) < 4.78 is 5.93. The van der Waals surface area contributed by atoms with Gasteiger partial charge in [0.25, 0.3) is 0 Å². The van der Waals surface area contributed by atoms with Crippen LogP contribution in [0, 0.1) is 6.92 Å². The Balaban J connectivity index is 1.74. The minimum Gasteiger partial charge on any atom is -0.507 e. The Labute approximate surface area is 145 Å². The molecule has 1 aromatic heterocycles. The Morgan fingerprint density at radius 2 is 2.17 bits per heavy atom. The fourth-order valence-corrected chi connectivity index (χ4v) is 4.05. The number of hydrogen-bond donors (Lipinski definition) is 1. The summed E-state index contributed by atoms with van der Waals surface area (Å²) in [6.07, 6.45) is 4.14. The van der Waals surface area contributed by atoms with Crippen LogP contribution in [0.5, 0.6) is 11.5 Å². The van der Waals surface area contributed by atoms with Gasteiger partial charge >= 0.3 is 0 Å². The molecule has 1 saturated heterocycles. The quantitative estimate of drug-likeness (QED) is 0.858. The zero-order chi connectivity index (χ0) is 16.7. The topological polar surface area (TPSA) is 49.8 Å². The van der Waals surface area contributed by atoms with Crippen molar-refractivity contribution in [2.24, 2.45) is 0 Å². The van der Waals surface area contributed by atoms with Crippen molar-refractivity contribution in [2.75, 3.05) is 13.1 Å². The summed E-state index contributed by atoms with van der Waals surface area (Å²) in [4.78, 5) is 16.0. The number of fused-ring (bicyclic) bond motifs is 1. The SMILES string of the molecule is Cc1cc(O)c(CN2CCCC2)c2c1C(=O)/C(=C/c1cccs1)O2. The minimum absolute atomic E-state index is 0.0985. The van der Waals surface area contributed by atoms with Crippen LogP contribution in [-0.2, 0) is 6.54 Å². The second-order valence-corrected chi connectivity index (χ2v) is 7.31. The first-order chi connectivity index (χ1) is 11.6. The molecule has 4 nitrogen and oxygen atoms in total. The number of likely N-dealkylation sites (tertiary alicyclic amines) is 1. The number of carbonyl (C=O) groups is 1. The second-order valence-electron chi connectivity index (χ2n) is 6.33. The molecule has 3 heterocycles. The molecule has 4 rings (SSSR count). The van der Waals surface area contributed by atoms with Gasteiger partial charge in [-0.2, -0.15) is 0 Å². The Hall–Kier alpha value is -2.11. The van der Waals surface area contributed by atoms with Crippen molar-refractivity contribution in [1.82, 2.24) is 4.90 Å². The summed E-state index contributed by atoms with van der Waals surface area (Å²) in [6, 6.07) is 5.58. The van der Waals surface area contributed by atoms with Gasteiger partial charge in [0.1, 0.15) is 11.5 Å². The van der Waals surface area contributed by atoms with Crippen molar-refractivity contribution in [3.8, 4) is 11.5 Å². The van der Waals surface area contributed by atoms with Crippen LogP contribution < -0.4 is 4.74 Å². The molecule has 0 aliphatic carbocycles. The van der Waals surface area contributed by atoms with Gasteiger partial charge in [0.2, 0.25) is 5.78 Å². The number of hydrogen-bond acceptors (Lipinski definition) is 5. The van der Waals surface area contributed by atoms with E-state index in [1.165, 1.54) is 12.8 Å². The third kappa shape index (κ3) is 2.64. The van der Waals surface area contributed by atoms with Crippen LogP contribution in [0.25, 0.3) is 6.08 Å². The highest BCUT2D eigenvalue weighted by Gasteiger charge is 2.33. The molecular formula is C19H19NO3S. The Morgan fingerprint density at radius 3 is 2.88 bits per heavy atom. The Bertz CT molecular complexity index is 818. The van der Waals surface area contributed by atoms with E-state index in [0.29, 0.717) is 23.6 Å². The summed E-state index contributed by atoms with van der Waals surface area (Å²) >= 11 is 1.56. The lowest BCUT2D eigenvalue weighted by molar-refractivity contribution is 0.101. The lowest BCUT2D eigenvalue weighted by Gasteiger charge is -2.18. The smallest absolute Gasteiger partial charge is 0.232 e. The highest BCUT2D eigenvalue weighted by atomic mass is 32.1. The van der Waals surface area contributed by atoms with Gasteiger partial charge in [-0.1, -0.05) is 6.07 Å². The zero-order valence-corrected chi connectivity index (χ0v) is 14.4. The van der Waals surface area contributed by atoms with Gasteiger partial charge in [0.05, 0.1) is 11.1 Å². The molecule has 2 aliphatic heterocycles. The minimum atomic E-state index is -0.0985. The van der Waals surface area contributed by atoms with Gasteiger partial charge in [0.15, 0.2) is 5.76 Å². The normalized spacial score (nSPS) is 19.0. The molecule has 0 unspecified atom stereocenters. The number of ether oxygens (including phenoxy) is 1. The zero-order valence-electron chi connectivity index (χ0n) is 13.5. The van der Waals surface area contributed by atoms with Gasteiger partial charge in [-0.05, 0) is 55.9 Å². The molecule has 2 aromatic rings. The maximum absolute atomic E-state index is 12.8. The molecule has 0 spiro atoms. The number of aromatic hydroxyl groups is 1. The number of Topliss-reactive ketones (excluding diaryl/α,β-unsaturated/α-hetero) is 1. The van der Waals surface area contributed by atoms with Crippen molar-refractivity contribution >= 4 is 23.2 Å².